The summed E-state index contributed by atoms with van der Waals surface area (Å²) < 4.78 is 5.03. The molecule has 0 N–H and O–H groups in total. The summed E-state index contributed by atoms with van der Waals surface area (Å²) >= 11 is 0. The van der Waals surface area contributed by atoms with Crippen LogP contribution in [0.15, 0.2) is 0 Å². The lowest BCUT2D eigenvalue weighted by Gasteiger charge is -2.19. The second-order valence-electron chi connectivity index (χ2n) is 3.14. The monoisotopic (exact) mass is 170 g/mol. The van der Waals surface area contributed by atoms with E-state index < -0.39 is 0 Å². The summed E-state index contributed by atoms with van der Waals surface area (Å²) in [6.07, 6.45) is 2.88. The van der Waals surface area contributed by atoms with Gasteiger partial charge in [-0.05, 0) is 19.3 Å². The van der Waals surface area contributed by atoms with Gasteiger partial charge in [-0.1, -0.05) is 6.92 Å². The maximum Gasteiger partial charge on any atom is 0.310 e. The summed E-state index contributed by atoms with van der Waals surface area (Å²) in [5.41, 5.74) is 0. The first kappa shape index (κ1) is 9.52. The molecule has 1 heterocycles. The van der Waals surface area contributed by atoms with E-state index in [0.29, 0.717) is 13.2 Å². The maximum absolute atomic E-state index is 11.3. The van der Waals surface area contributed by atoms with Gasteiger partial charge < -0.3 is 4.74 Å². The number of nitrogens with zero attached hydrogens (tertiary/aromatic N) is 1. The van der Waals surface area contributed by atoms with E-state index in [9.17, 15) is 4.79 Å². The van der Waals surface area contributed by atoms with Gasteiger partial charge in [0, 0.05) is 13.1 Å². The van der Waals surface area contributed by atoms with E-state index in [1.165, 1.54) is 0 Å². The second-order valence-corrected chi connectivity index (χ2v) is 3.14. The van der Waals surface area contributed by atoms with Gasteiger partial charge in [0.05, 0.1) is 12.5 Å². The Hall–Kier alpha value is -0.570. The zero-order valence-electron chi connectivity index (χ0n) is 7.58. The van der Waals surface area contributed by atoms with Crippen molar-refractivity contribution in [1.82, 2.24) is 5.32 Å². The van der Waals surface area contributed by atoms with Crippen molar-refractivity contribution < 1.29 is 9.53 Å². The summed E-state index contributed by atoms with van der Waals surface area (Å²) in [7, 11) is 0. The molecule has 1 rings (SSSR count). The lowest BCUT2D eigenvalue weighted by Crippen LogP contribution is -2.31. The molecule has 3 heteroatoms. The average Bonchev–Trinajstić information content (AvgIpc) is 2.15. The third kappa shape index (κ3) is 2.81. The minimum absolute atomic E-state index is 0.0466. The van der Waals surface area contributed by atoms with Crippen LogP contribution in [0.2, 0.25) is 0 Å². The fourth-order valence-electron chi connectivity index (χ4n) is 1.30. The summed E-state index contributed by atoms with van der Waals surface area (Å²) in [5.74, 6) is -0.00870. The van der Waals surface area contributed by atoms with Crippen LogP contribution in [0.5, 0.6) is 0 Å². The molecule has 69 valence electrons. The van der Waals surface area contributed by atoms with Gasteiger partial charge in [-0.15, -0.1) is 0 Å². The van der Waals surface area contributed by atoms with Crippen LogP contribution in [0, 0.1) is 5.92 Å². The Labute approximate surface area is 73.5 Å². The van der Waals surface area contributed by atoms with Crippen LogP contribution >= 0.6 is 0 Å². The molecule has 0 spiro atoms. The normalized spacial score (nSPS) is 23.6. The number of hydrogen-bond donors (Lipinski definition) is 0. The van der Waals surface area contributed by atoms with Crippen LogP contribution in [0.1, 0.15) is 26.2 Å². The predicted octanol–water partition coefficient (Wildman–Crippen LogP) is 0.954. The molecule has 1 unspecified atom stereocenters. The molecule has 0 saturated carbocycles. The highest BCUT2D eigenvalue weighted by Gasteiger charge is 2.22. The van der Waals surface area contributed by atoms with Crippen LogP contribution in [-0.2, 0) is 9.53 Å². The van der Waals surface area contributed by atoms with Crippen molar-refractivity contribution in [3.63, 3.8) is 0 Å². The molecule has 1 fully saturated rings. The van der Waals surface area contributed by atoms with Crippen molar-refractivity contribution in [2.24, 2.45) is 5.92 Å². The van der Waals surface area contributed by atoms with Gasteiger partial charge in [0.1, 0.15) is 0 Å². The van der Waals surface area contributed by atoms with Crippen molar-refractivity contribution in [2.45, 2.75) is 26.2 Å². The third-order valence-electron chi connectivity index (χ3n) is 2.00. The van der Waals surface area contributed by atoms with Crippen molar-refractivity contribution in [3.8, 4) is 0 Å². The molecule has 1 aliphatic heterocycles. The summed E-state index contributed by atoms with van der Waals surface area (Å²) in [6, 6.07) is 0. The van der Waals surface area contributed by atoms with Gasteiger partial charge in [0.25, 0.3) is 0 Å². The number of rotatable bonds is 3. The molecule has 1 saturated heterocycles. The lowest BCUT2D eigenvalue weighted by atomic mass is 10.0. The smallest absolute Gasteiger partial charge is 0.310 e. The highest BCUT2D eigenvalue weighted by Crippen LogP contribution is 2.12. The number of ether oxygens (including phenoxy) is 1. The summed E-state index contributed by atoms with van der Waals surface area (Å²) in [6.45, 7) is 4.13. The minimum Gasteiger partial charge on any atom is -0.465 e. The fraction of sp³-hybridized carbons (Fsp3) is 0.889. The molecule has 0 bridgehead atoms. The minimum atomic E-state index is -0.0553. The predicted molar refractivity (Wildman–Crippen MR) is 45.8 cm³/mol. The highest BCUT2D eigenvalue weighted by atomic mass is 16.5. The van der Waals surface area contributed by atoms with Gasteiger partial charge in [-0.3, -0.25) is 4.79 Å². The molecule has 0 aromatic carbocycles. The molecular formula is C9H16NO2. The van der Waals surface area contributed by atoms with Crippen LogP contribution in [0.3, 0.4) is 0 Å². The first-order valence-electron chi connectivity index (χ1n) is 4.64. The van der Waals surface area contributed by atoms with Gasteiger partial charge in [-0.2, -0.15) is 0 Å². The zero-order chi connectivity index (χ0) is 8.81. The van der Waals surface area contributed by atoms with Crippen molar-refractivity contribution in [2.75, 3.05) is 19.7 Å². The van der Waals surface area contributed by atoms with Crippen LogP contribution in [-0.4, -0.2) is 25.7 Å². The molecule has 3 nitrogen and oxygen atoms in total. The van der Waals surface area contributed by atoms with Crippen molar-refractivity contribution in [1.29, 1.82) is 0 Å². The molecule has 0 aliphatic carbocycles. The van der Waals surface area contributed by atoms with E-state index in [2.05, 4.69) is 5.32 Å². The highest BCUT2D eigenvalue weighted by molar-refractivity contribution is 5.72. The number of hydrogen-bond acceptors (Lipinski definition) is 2. The van der Waals surface area contributed by atoms with Crippen LogP contribution in [0.25, 0.3) is 0 Å². The Morgan fingerprint density at radius 2 is 2.50 bits per heavy atom. The maximum atomic E-state index is 11.3. The summed E-state index contributed by atoms with van der Waals surface area (Å²) in [4.78, 5) is 11.3. The topological polar surface area (TPSA) is 40.4 Å². The van der Waals surface area contributed by atoms with E-state index in [-0.39, 0.29) is 11.9 Å². The number of carbonyl (C=O) groups is 1. The van der Waals surface area contributed by atoms with Gasteiger partial charge >= 0.3 is 5.97 Å². The van der Waals surface area contributed by atoms with Crippen LogP contribution < -0.4 is 5.32 Å². The number of esters is 1. The Morgan fingerprint density at radius 1 is 1.67 bits per heavy atom. The van der Waals surface area contributed by atoms with Crippen LogP contribution in [0.4, 0.5) is 0 Å². The number of carbonyl (C=O) groups excluding carboxylic acids is 1. The molecule has 1 radical (unpaired) electrons. The first-order chi connectivity index (χ1) is 5.84. The second kappa shape index (κ2) is 5.14. The Morgan fingerprint density at radius 3 is 3.08 bits per heavy atom. The van der Waals surface area contributed by atoms with E-state index in [0.717, 1.165) is 25.8 Å². The van der Waals surface area contributed by atoms with Crippen molar-refractivity contribution >= 4 is 5.97 Å². The lowest BCUT2D eigenvalue weighted by molar-refractivity contribution is -0.149. The quantitative estimate of drug-likeness (QED) is 0.592. The van der Waals surface area contributed by atoms with E-state index >= 15 is 0 Å². The van der Waals surface area contributed by atoms with E-state index in [4.69, 9.17) is 4.74 Å². The van der Waals surface area contributed by atoms with Gasteiger partial charge in [-0.25, -0.2) is 5.32 Å². The Kier molecular flexibility index (Phi) is 4.08. The zero-order valence-corrected chi connectivity index (χ0v) is 7.58. The van der Waals surface area contributed by atoms with Gasteiger partial charge in [0.15, 0.2) is 0 Å². The molecule has 0 aromatic heterocycles. The standard InChI is InChI=1S/C9H16NO2/c1-2-6-12-9(11)8-4-3-5-10-7-8/h8H,2-7H2,1H3. The SMILES string of the molecule is CCCOC(=O)C1CCC[N]C1. The fourth-order valence-corrected chi connectivity index (χ4v) is 1.30. The Balaban J connectivity index is 2.20. The van der Waals surface area contributed by atoms with Crippen molar-refractivity contribution in [3.05, 3.63) is 0 Å². The molecule has 0 amide bonds. The summed E-state index contributed by atoms with van der Waals surface area (Å²) in [5, 5.41) is 4.19. The number of piperidine rings is 1. The molecular weight excluding hydrogens is 154 g/mol. The molecule has 0 aromatic rings. The van der Waals surface area contributed by atoms with E-state index in [1.807, 2.05) is 6.92 Å². The molecule has 1 atom stereocenters. The average molecular weight is 170 g/mol. The van der Waals surface area contributed by atoms with E-state index in [1.54, 1.807) is 0 Å². The van der Waals surface area contributed by atoms with Gasteiger partial charge in [0.2, 0.25) is 0 Å². The molecule has 12 heavy (non-hydrogen) atoms. The Bertz CT molecular complexity index is 141. The molecule has 1 aliphatic rings. The largest absolute Gasteiger partial charge is 0.465 e. The first-order valence-corrected chi connectivity index (χ1v) is 4.64. The third-order valence-corrected chi connectivity index (χ3v) is 2.00.